The minimum atomic E-state index is -1.12. The molecule has 4 amide bonds. The highest BCUT2D eigenvalue weighted by Gasteiger charge is 2.45. The molecule has 0 bridgehead atoms. The Kier molecular flexibility index (Phi) is 13.8. The van der Waals surface area contributed by atoms with Crippen molar-refractivity contribution in [3.63, 3.8) is 0 Å². The van der Waals surface area contributed by atoms with Gasteiger partial charge in [-0.25, -0.2) is 14.0 Å². The Hall–Kier alpha value is -4.91. The molecule has 4 rings (SSSR count). The predicted molar refractivity (Wildman–Crippen MR) is 211 cm³/mol. The second kappa shape index (κ2) is 17.7. The topological polar surface area (TPSA) is 126 Å². The molecule has 1 unspecified atom stereocenters. The number of amides is 4. The molecule has 0 aromatic heterocycles. The van der Waals surface area contributed by atoms with Crippen LogP contribution in [0, 0.1) is 5.82 Å². The van der Waals surface area contributed by atoms with Crippen molar-refractivity contribution in [1.29, 1.82) is 0 Å². The fraction of sp³-hybridized carbons (Fsp3) is 0.452. The molecule has 3 aromatic carbocycles. The van der Waals surface area contributed by atoms with Gasteiger partial charge in [-0.3, -0.25) is 19.3 Å². The van der Waals surface area contributed by atoms with Crippen LogP contribution in [0.5, 0.6) is 0 Å². The summed E-state index contributed by atoms with van der Waals surface area (Å²) in [7, 11) is 2.75. The van der Waals surface area contributed by atoms with Crippen LogP contribution < -0.4 is 5.32 Å². The number of thioether (sulfide) groups is 1. The van der Waals surface area contributed by atoms with Crippen LogP contribution in [0.2, 0.25) is 0 Å². The fourth-order valence-corrected chi connectivity index (χ4v) is 6.76. The average Bonchev–Trinajstić information content (AvgIpc) is 3.16. The van der Waals surface area contributed by atoms with Gasteiger partial charge in [0, 0.05) is 36.9 Å². The lowest BCUT2D eigenvalue weighted by Crippen LogP contribution is -2.63. The third-order valence-corrected chi connectivity index (χ3v) is 11.3. The molecule has 0 saturated carbocycles. The number of halogens is 1. The van der Waals surface area contributed by atoms with Crippen LogP contribution in [0.4, 0.5) is 9.18 Å². The van der Waals surface area contributed by atoms with Gasteiger partial charge in [-0.15, -0.1) is 0 Å². The normalized spacial score (nSPS) is 15.8. The van der Waals surface area contributed by atoms with Crippen LogP contribution >= 0.6 is 11.8 Å². The summed E-state index contributed by atoms with van der Waals surface area (Å²) in [6.45, 7) is 12.3. The first-order valence-corrected chi connectivity index (χ1v) is 19.4. The van der Waals surface area contributed by atoms with Gasteiger partial charge < -0.3 is 24.6 Å². The van der Waals surface area contributed by atoms with Gasteiger partial charge in [0.15, 0.2) is 0 Å². The zero-order valence-electron chi connectivity index (χ0n) is 33.3. The first kappa shape index (κ1) is 42.8. The van der Waals surface area contributed by atoms with Crippen LogP contribution in [-0.2, 0) is 43.4 Å². The van der Waals surface area contributed by atoms with Gasteiger partial charge in [-0.1, -0.05) is 54.6 Å². The Morgan fingerprint density at radius 3 is 2.11 bits per heavy atom. The quantitative estimate of drug-likeness (QED) is 0.206. The van der Waals surface area contributed by atoms with Crippen molar-refractivity contribution < 1.29 is 37.8 Å². The van der Waals surface area contributed by atoms with E-state index >= 15 is 14.0 Å². The van der Waals surface area contributed by atoms with Gasteiger partial charge in [0.25, 0.3) is 0 Å². The number of hydrogen-bond acceptors (Lipinski definition) is 8. The summed E-state index contributed by atoms with van der Waals surface area (Å²) in [6, 6.07) is 16.6. The zero-order chi connectivity index (χ0) is 40.8. The number of hydrogen-bond donors (Lipinski definition) is 1. The van der Waals surface area contributed by atoms with Crippen LogP contribution in [0.1, 0.15) is 87.1 Å². The average molecular weight is 777 g/mol. The SMILES string of the molecule is COC(=O)c1ccc(CN(C(=O)[C@@H]2Cc3ccccc3CN2C(=O)C(NC(=O)[C@H](C)N(C)C(=O)OC(C)(C)C)C(C)(C)SC)[C@H](C)c2ccccc2F)cc1. The minimum Gasteiger partial charge on any atom is -0.465 e. The summed E-state index contributed by atoms with van der Waals surface area (Å²) in [5, 5.41) is 2.92. The summed E-state index contributed by atoms with van der Waals surface area (Å²) in [5.41, 5.74) is 2.28. The monoisotopic (exact) mass is 776 g/mol. The number of rotatable bonds is 12. The van der Waals surface area contributed by atoms with E-state index in [1.165, 1.54) is 41.8 Å². The summed E-state index contributed by atoms with van der Waals surface area (Å²) in [6.07, 6.45) is 1.32. The van der Waals surface area contributed by atoms with E-state index in [1.54, 1.807) is 82.0 Å². The molecule has 11 nitrogen and oxygen atoms in total. The van der Waals surface area contributed by atoms with Gasteiger partial charge in [0.1, 0.15) is 29.5 Å². The maximum absolute atomic E-state index is 15.3. The molecule has 1 N–H and O–H groups in total. The summed E-state index contributed by atoms with van der Waals surface area (Å²) < 4.78 is 24.8. The fourth-order valence-electron chi connectivity index (χ4n) is 6.36. The number of carbonyl (C=O) groups is 5. The first-order valence-electron chi connectivity index (χ1n) is 18.2. The van der Waals surface area contributed by atoms with E-state index in [2.05, 4.69) is 5.32 Å². The largest absolute Gasteiger partial charge is 0.465 e. The van der Waals surface area contributed by atoms with Crippen molar-refractivity contribution in [3.8, 4) is 0 Å². The smallest absolute Gasteiger partial charge is 0.410 e. The molecule has 0 aliphatic carbocycles. The van der Waals surface area contributed by atoms with E-state index in [-0.39, 0.29) is 19.5 Å². The molecule has 1 aliphatic rings. The van der Waals surface area contributed by atoms with Crippen LogP contribution in [0.25, 0.3) is 0 Å². The maximum Gasteiger partial charge on any atom is 0.410 e. The van der Waals surface area contributed by atoms with Gasteiger partial charge >= 0.3 is 12.1 Å². The molecule has 296 valence electrons. The Labute approximate surface area is 327 Å². The van der Waals surface area contributed by atoms with Gasteiger partial charge in [-0.05, 0) is 89.6 Å². The van der Waals surface area contributed by atoms with Gasteiger partial charge in [-0.2, -0.15) is 11.8 Å². The summed E-state index contributed by atoms with van der Waals surface area (Å²) >= 11 is 1.38. The Balaban J connectivity index is 1.76. The lowest BCUT2D eigenvalue weighted by molar-refractivity contribution is -0.151. The highest BCUT2D eigenvalue weighted by atomic mass is 32.2. The molecular formula is C42H53FN4O7S. The lowest BCUT2D eigenvalue weighted by atomic mass is 9.90. The zero-order valence-corrected chi connectivity index (χ0v) is 34.2. The van der Waals surface area contributed by atoms with E-state index < -0.39 is 70.1 Å². The highest BCUT2D eigenvalue weighted by Crippen LogP contribution is 2.33. The van der Waals surface area contributed by atoms with Crippen molar-refractivity contribution in [2.75, 3.05) is 20.4 Å². The lowest BCUT2D eigenvalue weighted by Gasteiger charge is -2.44. The molecular weight excluding hydrogens is 724 g/mol. The number of carbonyl (C=O) groups excluding carboxylic acids is 5. The van der Waals surface area contributed by atoms with E-state index in [1.807, 2.05) is 44.4 Å². The van der Waals surface area contributed by atoms with Gasteiger partial charge in [0.2, 0.25) is 17.7 Å². The number of ether oxygens (including phenoxy) is 2. The van der Waals surface area contributed by atoms with E-state index in [4.69, 9.17) is 9.47 Å². The second-order valence-corrected chi connectivity index (χ2v) is 16.8. The summed E-state index contributed by atoms with van der Waals surface area (Å²) in [5.74, 6) is -2.45. The number of benzene rings is 3. The molecule has 1 aliphatic heterocycles. The van der Waals surface area contributed by atoms with Crippen LogP contribution in [0.15, 0.2) is 72.8 Å². The van der Waals surface area contributed by atoms with E-state index in [0.29, 0.717) is 16.7 Å². The van der Waals surface area contributed by atoms with E-state index in [9.17, 15) is 14.4 Å². The molecule has 0 fully saturated rings. The molecule has 1 heterocycles. The van der Waals surface area contributed by atoms with E-state index in [0.717, 1.165) is 11.1 Å². The molecule has 55 heavy (non-hydrogen) atoms. The Morgan fingerprint density at radius 2 is 1.53 bits per heavy atom. The number of likely N-dealkylation sites (N-methyl/N-ethyl adjacent to an activating group) is 1. The Morgan fingerprint density at radius 1 is 0.927 bits per heavy atom. The van der Waals surface area contributed by atoms with Crippen molar-refractivity contribution in [2.24, 2.45) is 0 Å². The van der Waals surface area contributed by atoms with Crippen molar-refractivity contribution in [2.45, 2.75) is 102 Å². The van der Waals surface area contributed by atoms with Crippen molar-refractivity contribution >= 4 is 41.5 Å². The van der Waals surface area contributed by atoms with Crippen LogP contribution in [0.3, 0.4) is 0 Å². The van der Waals surface area contributed by atoms with Crippen molar-refractivity contribution in [1.82, 2.24) is 20.0 Å². The first-order chi connectivity index (χ1) is 25.8. The molecule has 0 spiro atoms. The number of nitrogens with one attached hydrogen (secondary N) is 1. The third kappa shape index (κ3) is 10.2. The van der Waals surface area contributed by atoms with Crippen LogP contribution in [-0.4, -0.2) is 93.4 Å². The molecule has 13 heteroatoms. The van der Waals surface area contributed by atoms with Gasteiger partial charge in [0.05, 0.1) is 18.7 Å². The maximum atomic E-state index is 15.3. The number of esters is 1. The number of nitrogens with zero attached hydrogens (tertiary/aromatic N) is 3. The predicted octanol–water partition coefficient (Wildman–Crippen LogP) is 6.54. The molecule has 0 radical (unpaired) electrons. The highest BCUT2D eigenvalue weighted by molar-refractivity contribution is 8.00. The van der Waals surface area contributed by atoms with Crippen molar-refractivity contribution in [3.05, 3.63) is 106 Å². The molecule has 4 atom stereocenters. The molecule has 3 aromatic rings. The molecule has 0 saturated heterocycles. The second-order valence-electron chi connectivity index (χ2n) is 15.3. The minimum absolute atomic E-state index is 0.0426. The summed E-state index contributed by atoms with van der Waals surface area (Å²) in [4.78, 5) is 73.2. The number of methoxy groups -OCH3 is 1. The standard InChI is InChI=1S/C42H53FN4O7S/c1-26(32-17-13-14-18-33(32)43)46(24-28-19-21-29(22-20-28)39(51)53-9)37(49)34-23-30-15-11-12-16-31(30)25-47(34)38(50)35(42(6,7)55-10)44-36(48)27(2)45(8)40(52)54-41(3,4)5/h11-22,26-27,34-35H,23-25H2,1-10H3,(H,44,48)/t26-,27+,34+,35?/m1/s1. The third-order valence-electron chi connectivity index (χ3n) is 10.0. The number of fused-ring (bicyclic) bond motifs is 1. The Bertz CT molecular complexity index is 1880.